The van der Waals surface area contributed by atoms with Crippen molar-refractivity contribution in [3.05, 3.63) is 100 Å². The van der Waals surface area contributed by atoms with Crippen LogP contribution >= 0.6 is 15.9 Å². The summed E-state index contributed by atoms with van der Waals surface area (Å²) in [5, 5.41) is 1.07. The molecular weight excluding hydrogens is 809 g/mol. The molecule has 0 atom stereocenters. The zero-order valence-corrected chi connectivity index (χ0v) is 36.7. The third kappa shape index (κ3) is 11.2. The van der Waals surface area contributed by atoms with E-state index in [1.165, 1.54) is 12.1 Å². The third-order valence-electron chi connectivity index (χ3n) is 10.0. The highest BCUT2D eigenvalue weighted by molar-refractivity contribution is 9.10. The SMILES string of the molecule is CC(C)(C)OC(=O)N1CC=C(B2OC(C)(C)C(C)(C)O2)CC1.CC(C)(C)OC(=O)N1CC=C(c2ccc(F)c3cccnc23)CC1.Fc1ccc(Br)c2ncccc12. The van der Waals surface area contributed by atoms with Gasteiger partial charge in [0.2, 0.25) is 0 Å². The number of aromatic nitrogens is 2. The van der Waals surface area contributed by atoms with Crippen LogP contribution in [0.15, 0.2) is 83.0 Å². The molecule has 0 aliphatic carbocycles. The molecule has 3 aliphatic rings. The minimum Gasteiger partial charge on any atom is -0.444 e. The van der Waals surface area contributed by atoms with E-state index in [0.29, 0.717) is 54.4 Å². The third-order valence-corrected chi connectivity index (χ3v) is 10.7. The van der Waals surface area contributed by atoms with Gasteiger partial charge >= 0.3 is 19.3 Å². The number of halogens is 3. The first kappa shape index (κ1) is 44.7. The summed E-state index contributed by atoms with van der Waals surface area (Å²) in [6.45, 7) is 21.6. The largest absolute Gasteiger partial charge is 0.490 e. The van der Waals surface area contributed by atoms with Crippen LogP contribution < -0.4 is 0 Å². The average molecular weight is 864 g/mol. The van der Waals surface area contributed by atoms with E-state index in [0.717, 1.165) is 27.5 Å². The Morgan fingerprint density at radius 2 is 1.21 bits per heavy atom. The summed E-state index contributed by atoms with van der Waals surface area (Å²) in [7, 11) is -0.314. The highest BCUT2D eigenvalue weighted by atomic mass is 79.9. The molecule has 5 heterocycles. The first-order valence-corrected chi connectivity index (χ1v) is 20.3. The van der Waals surface area contributed by atoms with E-state index in [1.807, 2.05) is 81.4 Å². The van der Waals surface area contributed by atoms with E-state index in [1.54, 1.807) is 58.6 Å². The number of benzene rings is 2. The van der Waals surface area contributed by atoms with Gasteiger partial charge in [0.15, 0.2) is 0 Å². The molecule has 0 N–H and O–H groups in total. The smallest absolute Gasteiger partial charge is 0.444 e. The second-order valence-corrected chi connectivity index (χ2v) is 18.2. The molecule has 2 aromatic carbocycles. The van der Waals surface area contributed by atoms with Crippen molar-refractivity contribution in [2.45, 2.75) is 104 Å². The molecule has 4 aromatic rings. The Kier molecular flexibility index (Phi) is 13.8. The lowest BCUT2D eigenvalue weighted by Gasteiger charge is -2.32. The van der Waals surface area contributed by atoms with E-state index < -0.39 is 11.2 Å². The van der Waals surface area contributed by atoms with Crippen LogP contribution in [-0.4, -0.2) is 87.7 Å². The number of hydrogen-bond acceptors (Lipinski definition) is 8. The fourth-order valence-corrected chi connectivity index (χ4v) is 6.74. The van der Waals surface area contributed by atoms with Gasteiger partial charge < -0.3 is 28.6 Å². The van der Waals surface area contributed by atoms with Crippen molar-refractivity contribution < 1.29 is 37.2 Å². The number of ether oxygens (including phenoxy) is 2. The Morgan fingerprint density at radius 3 is 1.67 bits per heavy atom. The van der Waals surface area contributed by atoms with Crippen LogP contribution in [-0.2, 0) is 18.8 Å². The molecule has 1 fully saturated rings. The fraction of sp³-hybridized carbons (Fsp3) is 0.455. The Morgan fingerprint density at radius 1 is 0.724 bits per heavy atom. The van der Waals surface area contributed by atoms with Gasteiger partial charge in [-0.3, -0.25) is 9.97 Å². The number of carbonyl (C=O) groups is 2. The zero-order chi connectivity index (χ0) is 42.6. The summed E-state index contributed by atoms with van der Waals surface area (Å²) in [4.78, 5) is 36.0. The summed E-state index contributed by atoms with van der Waals surface area (Å²) in [6, 6.07) is 13.2. The molecule has 3 aliphatic heterocycles. The van der Waals surface area contributed by atoms with Gasteiger partial charge in [0, 0.05) is 59.4 Å². The molecule has 0 bridgehead atoms. The molecule has 0 radical (unpaired) electrons. The summed E-state index contributed by atoms with van der Waals surface area (Å²) < 4.78 is 50.8. The molecule has 7 rings (SSSR count). The maximum absolute atomic E-state index is 13.9. The van der Waals surface area contributed by atoms with Crippen molar-refractivity contribution in [3.63, 3.8) is 0 Å². The lowest BCUT2D eigenvalue weighted by molar-refractivity contribution is 0.00578. The number of nitrogens with zero attached hydrogens (tertiary/aromatic N) is 4. The molecule has 0 spiro atoms. The quantitative estimate of drug-likeness (QED) is 0.184. The van der Waals surface area contributed by atoms with Gasteiger partial charge in [-0.15, -0.1) is 0 Å². The summed E-state index contributed by atoms with van der Waals surface area (Å²) in [6.07, 6.45) is 8.20. The second-order valence-electron chi connectivity index (χ2n) is 17.4. The van der Waals surface area contributed by atoms with E-state index >= 15 is 0 Å². The first-order chi connectivity index (χ1) is 27.0. The van der Waals surface area contributed by atoms with Gasteiger partial charge in [0.25, 0.3) is 0 Å². The molecule has 0 saturated carbocycles. The monoisotopic (exact) mass is 862 g/mol. The van der Waals surface area contributed by atoms with Crippen LogP contribution in [0, 0.1) is 11.6 Å². The van der Waals surface area contributed by atoms with Crippen molar-refractivity contribution in [1.29, 1.82) is 0 Å². The van der Waals surface area contributed by atoms with Crippen LogP contribution in [0.2, 0.25) is 0 Å². The fourth-order valence-electron chi connectivity index (χ4n) is 6.29. The first-order valence-electron chi connectivity index (χ1n) is 19.5. The van der Waals surface area contributed by atoms with Crippen molar-refractivity contribution in [1.82, 2.24) is 19.8 Å². The van der Waals surface area contributed by atoms with Crippen LogP contribution in [0.3, 0.4) is 0 Å². The van der Waals surface area contributed by atoms with Gasteiger partial charge in [0.05, 0.1) is 22.2 Å². The molecule has 58 heavy (non-hydrogen) atoms. The number of hydrogen-bond donors (Lipinski definition) is 0. The Labute approximate surface area is 349 Å². The van der Waals surface area contributed by atoms with Crippen molar-refractivity contribution in [2.75, 3.05) is 26.2 Å². The van der Waals surface area contributed by atoms with Gasteiger partial charge in [-0.25, -0.2) is 18.4 Å². The molecule has 0 unspecified atom stereocenters. The van der Waals surface area contributed by atoms with Crippen LogP contribution in [0.5, 0.6) is 0 Å². The molecular formula is C44H54BBrF2N4O6. The van der Waals surface area contributed by atoms with Crippen molar-refractivity contribution in [2.24, 2.45) is 0 Å². The standard InChI is InChI=1S/C19H21FN2O2.C16H28BNO4.C9H5BrFN/c1-19(2,3)24-18(23)22-11-8-13(9-12-22)14-6-7-16(20)15-5-4-10-21-17(14)15;1-14(2,3)20-13(19)18-10-8-12(9-11-18)17-21-15(4,5)16(6,7)22-17;10-7-3-4-8(11)6-2-1-5-12-9(6)7/h4-8,10H,9,11-12H2,1-3H3;8H,9-11H2,1-7H3;1-5H. The van der Waals surface area contributed by atoms with Crippen molar-refractivity contribution >= 4 is 62.6 Å². The number of pyridine rings is 2. The Balaban J connectivity index is 0.000000174. The van der Waals surface area contributed by atoms with Crippen molar-refractivity contribution in [3.8, 4) is 0 Å². The van der Waals surface area contributed by atoms with Gasteiger partial charge in [-0.1, -0.05) is 12.2 Å². The molecule has 310 valence electrons. The summed E-state index contributed by atoms with van der Waals surface area (Å²) in [5.41, 5.74) is 2.81. The molecule has 2 aromatic heterocycles. The maximum Gasteiger partial charge on any atom is 0.490 e. The Hall–Kier alpha value is -4.40. The van der Waals surface area contributed by atoms with Crippen LogP contribution in [0.4, 0.5) is 18.4 Å². The molecule has 10 nitrogen and oxygen atoms in total. The molecule has 14 heteroatoms. The summed E-state index contributed by atoms with van der Waals surface area (Å²) in [5.74, 6) is -0.505. The highest BCUT2D eigenvalue weighted by Gasteiger charge is 2.52. The van der Waals surface area contributed by atoms with E-state index in [4.69, 9.17) is 18.8 Å². The van der Waals surface area contributed by atoms with Gasteiger partial charge in [-0.2, -0.15) is 0 Å². The number of amides is 2. The average Bonchev–Trinajstić information content (AvgIpc) is 3.38. The highest BCUT2D eigenvalue weighted by Crippen LogP contribution is 2.39. The van der Waals surface area contributed by atoms with Crippen LogP contribution in [0.25, 0.3) is 27.4 Å². The number of carbonyl (C=O) groups excluding carboxylic acids is 2. The zero-order valence-electron chi connectivity index (χ0n) is 35.1. The maximum atomic E-state index is 13.9. The minimum atomic E-state index is -0.502. The number of fused-ring (bicyclic) bond motifs is 2. The lowest BCUT2D eigenvalue weighted by atomic mass is 9.75. The number of rotatable bonds is 2. The van der Waals surface area contributed by atoms with Gasteiger partial charge in [0.1, 0.15) is 22.8 Å². The lowest BCUT2D eigenvalue weighted by Crippen LogP contribution is -2.41. The predicted octanol–water partition coefficient (Wildman–Crippen LogP) is 10.7. The van der Waals surface area contributed by atoms with Gasteiger partial charge in [-0.05, 0) is 158 Å². The van der Waals surface area contributed by atoms with Crippen LogP contribution in [0.1, 0.15) is 87.6 Å². The Bertz CT molecular complexity index is 2140. The predicted molar refractivity (Wildman–Crippen MR) is 228 cm³/mol. The molecule has 2 amide bonds. The summed E-state index contributed by atoms with van der Waals surface area (Å²) >= 11 is 3.30. The van der Waals surface area contributed by atoms with E-state index in [-0.39, 0.29) is 42.1 Å². The topological polar surface area (TPSA) is 103 Å². The molecule has 1 saturated heterocycles. The normalized spacial score (nSPS) is 17.7. The van der Waals surface area contributed by atoms with E-state index in [2.05, 4.69) is 25.9 Å². The second kappa shape index (κ2) is 17.8. The van der Waals surface area contributed by atoms with E-state index in [9.17, 15) is 18.4 Å². The minimum absolute atomic E-state index is 0.235.